The average molecular weight is 827 g/mol. The number of alkyl carbamates (subject to hydrolysis) is 1. The monoisotopic (exact) mass is 826 g/mol. The lowest BCUT2D eigenvalue weighted by Gasteiger charge is -2.34. The first-order valence-electron chi connectivity index (χ1n) is 19.1. The number of hydrogen-bond acceptors (Lipinski definition) is 11. The number of amides is 4. The first kappa shape index (κ1) is 42.1. The highest BCUT2D eigenvalue weighted by Crippen LogP contribution is 2.48. The molecule has 3 fully saturated rings. The third-order valence-corrected chi connectivity index (χ3v) is 13.8. The van der Waals surface area contributed by atoms with Crippen molar-refractivity contribution in [1.29, 1.82) is 0 Å². The van der Waals surface area contributed by atoms with Gasteiger partial charge in [0.25, 0.3) is 5.91 Å². The molecule has 57 heavy (non-hydrogen) atoms. The van der Waals surface area contributed by atoms with Gasteiger partial charge in [-0.25, -0.2) is 18.0 Å². The van der Waals surface area contributed by atoms with Gasteiger partial charge in [0.1, 0.15) is 36.9 Å². The minimum Gasteiger partial charge on any atom is -0.486 e. The van der Waals surface area contributed by atoms with Crippen LogP contribution in [0.2, 0.25) is 0 Å². The molecular formula is C38H49F3N4O11S. The van der Waals surface area contributed by atoms with E-state index in [0.717, 1.165) is 4.90 Å². The number of carbonyl (C=O) groups excluding carboxylic acids is 5. The first-order valence-corrected chi connectivity index (χ1v) is 20.6. The number of allylic oxidation sites excluding steroid dienone is 1. The molecule has 3 N–H and O–H groups in total. The maximum absolute atomic E-state index is 14.6. The van der Waals surface area contributed by atoms with Crippen LogP contribution in [0.3, 0.4) is 0 Å². The van der Waals surface area contributed by atoms with Gasteiger partial charge >= 0.3 is 18.2 Å². The van der Waals surface area contributed by atoms with Crippen molar-refractivity contribution in [3.63, 3.8) is 0 Å². The Morgan fingerprint density at radius 3 is 2.39 bits per heavy atom. The van der Waals surface area contributed by atoms with Gasteiger partial charge in [-0.2, -0.15) is 13.2 Å². The summed E-state index contributed by atoms with van der Waals surface area (Å²) in [6.45, 7) is 6.61. The molecule has 0 radical (unpaired) electrons. The SMILES string of the molecule is C[C@H]1CCC=C[C@@H]2C[C@@]2(C(=O)NS(=O)(=O)C2(C)CC2)NC(=O)[C@@H]2C[C@@H](OC(=O)c3ccc4c(c3)OCCO4)CN2C(=O)[C@@H](NC(=O)OC(C)(C)C(F)(F)F)[C@H](C)C1. The second-order valence-electron chi connectivity index (χ2n) is 16.6. The number of alkyl halides is 3. The molecule has 15 nitrogen and oxygen atoms in total. The van der Waals surface area contributed by atoms with Gasteiger partial charge in [-0.3, -0.25) is 19.1 Å². The Balaban J connectivity index is 1.31. The Kier molecular flexibility index (Phi) is 11.3. The van der Waals surface area contributed by atoms with Gasteiger partial charge < -0.3 is 34.5 Å². The number of esters is 1. The van der Waals surface area contributed by atoms with E-state index in [1.54, 1.807) is 13.0 Å². The molecule has 0 bridgehead atoms. The van der Waals surface area contributed by atoms with Crippen LogP contribution >= 0.6 is 0 Å². The van der Waals surface area contributed by atoms with Gasteiger partial charge in [0.15, 0.2) is 11.5 Å². The summed E-state index contributed by atoms with van der Waals surface area (Å²) >= 11 is 0. The largest absolute Gasteiger partial charge is 0.486 e. The third kappa shape index (κ3) is 8.82. The summed E-state index contributed by atoms with van der Waals surface area (Å²) in [7, 11) is -4.10. The van der Waals surface area contributed by atoms with Gasteiger partial charge in [0.05, 0.1) is 16.9 Å². The molecule has 19 heteroatoms. The van der Waals surface area contributed by atoms with E-state index in [9.17, 15) is 45.6 Å². The molecule has 4 amide bonds. The molecule has 0 unspecified atom stereocenters. The molecule has 1 aromatic rings. The van der Waals surface area contributed by atoms with E-state index < -0.39 is 91.9 Å². The molecule has 6 rings (SSSR count). The summed E-state index contributed by atoms with van der Waals surface area (Å²) < 4.78 is 90.0. The van der Waals surface area contributed by atoms with E-state index in [4.69, 9.17) is 18.9 Å². The number of carbonyl (C=O) groups is 5. The molecule has 1 saturated heterocycles. The molecule has 1 aromatic carbocycles. The first-order chi connectivity index (χ1) is 26.6. The van der Waals surface area contributed by atoms with Crippen LogP contribution in [-0.2, 0) is 33.9 Å². The van der Waals surface area contributed by atoms with Gasteiger partial charge in [-0.1, -0.05) is 26.0 Å². The van der Waals surface area contributed by atoms with Gasteiger partial charge in [0.2, 0.25) is 27.4 Å². The minimum atomic E-state index is -4.94. The minimum absolute atomic E-state index is 0.0636. The molecule has 2 aliphatic carbocycles. The fourth-order valence-corrected chi connectivity index (χ4v) is 8.74. The van der Waals surface area contributed by atoms with Crippen molar-refractivity contribution in [2.45, 2.75) is 120 Å². The third-order valence-electron chi connectivity index (χ3n) is 11.6. The van der Waals surface area contributed by atoms with E-state index in [0.29, 0.717) is 64.1 Å². The van der Waals surface area contributed by atoms with Gasteiger partial charge in [0, 0.05) is 12.3 Å². The van der Waals surface area contributed by atoms with Gasteiger partial charge in [-0.05, 0) is 89.3 Å². The molecule has 3 aliphatic heterocycles. The second-order valence-corrected chi connectivity index (χ2v) is 18.8. The van der Waals surface area contributed by atoms with Crippen LogP contribution in [0.1, 0.15) is 89.9 Å². The highest BCUT2D eigenvalue weighted by molar-refractivity contribution is 7.91. The Bertz CT molecular complexity index is 1940. The number of ether oxygens (including phenoxy) is 4. The van der Waals surface area contributed by atoms with Crippen LogP contribution in [0.25, 0.3) is 0 Å². The van der Waals surface area contributed by atoms with E-state index in [-0.39, 0.29) is 37.5 Å². The summed E-state index contributed by atoms with van der Waals surface area (Å²) in [5.41, 5.74) is -4.51. The van der Waals surface area contributed by atoms with Crippen molar-refractivity contribution in [2.75, 3.05) is 19.8 Å². The number of nitrogens with zero attached hydrogens (tertiary/aromatic N) is 1. The lowest BCUT2D eigenvalue weighted by molar-refractivity contribution is -0.244. The standard InChI is InChI=1S/C38H49F3N4O11S/c1-21-8-6-7-9-24-19-37(24,33(49)44-57(51,52)36(5)12-13-36)43-30(46)26-18-25(55-32(48)23-10-11-27-28(17-23)54-15-14-53-27)20-45(26)31(47)29(22(2)16-21)42-34(50)56-35(3,4)38(39,40)41/h7,9-11,17,21-22,24-26,29H,6,8,12-16,18-20H2,1-5H3,(H,42,50)(H,43,46)(H,44,49)/t21-,22+,24+,25+,26-,29-,37+/m0/s1. The lowest BCUT2D eigenvalue weighted by Crippen LogP contribution is -2.59. The summed E-state index contributed by atoms with van der Waals surface area (Å²) in [5.74, 6) is -4.08. The topological polar surface area (TPSA) is 196 Å². The normalized spacial score (nSPS) is 30.0. The maximum atomic E-state index is 14.6. The molecule has 5 aliphatic rings. The Morgan fingerprint density at radius 1 is 1.04 bits per heavy atom. The van der Waals surface area contributed by atoms with Crippen LogP contribution in [-0.4, -0.2) is 103 Å². The Labute approximate surface area is 328 Å². The highest BCUT2D eigenvalue weighted by atomic mass is 32.2. The summed E-state index contributed by atoms with van der Waals surface area (Å²) in [4.78, 5) is 70.4. The molecular weight excluding hydrogens is 777 g/mol. The number of nitrogens with one attached hydrogen (secondary N) is 3. The molecule has 2 saturated carbocycles. The van der Waals surface area contributed by atoms with E-state index in [1.165, 1.54) is 25.1 Å². The zero-order chi connectivity index (χ0) is 41.7. The van der Waals surface area contributed by atoms with Crippen molar-refractivity contribution >= 4 is 39.8 Å². The molecule has 0 aromatic heterocycles. The highest BCUT2D eigenvalue weighted by Gasteiger charge is 2.63. The number of hydrogen-bond donors (Lipinski definition) is 3. The van der Waals surface area contributed by atoms with Crippen molar-refractivity contribution in [3.8, 4) is 11.5 Å². The maximum Gasteiger partial charge on any atom is 0.427 e. The van der Waals surface area contributed by atoms with E-state index in [1.807, 2.05) is 13.0 Å². The van der Waals surface area contributed by atoms with Crippen molar-refractivity contribution in [2.24, 2.45) is 17.8 Å². The summed E-state index contributed by atoms with van der Waals surface area (Å²) in [6.07, 6.45) is -2.04. The van der Waals surface area contributed by atoms with Crippen LogP contribution in [0.4, 0.5) is 18.0 Å². The summed E-state index contributed by atoms with van der Waals surface area (Å²) in [6, 6.07) is 1.50. The molecule has 3 heterocycles. The van der Waals surface area contributed by atoms with E-state index in [2.05, 4.69) is 15.4 Å². The fourth-order valence-electron chi connectivity index (χ4n) is 7.43. The van der Waals surface area contributed by atoms with Crippen molar-refractivity contribution in [1.82, 2.24) is 20.3 Å². The predicted molar refractivity (Wildman–Crippen MR) is 195 cm³/mol. The fraction of sp³-hybridized carbons (Fsp3) is 0.658. The smallest absolute Gasteiger partial charge is 0.427 e. The molecule has 7 atom stereocenters. The quantitative estimate of drug-likeness (QED) is 0.267. The van der Waals surface area contributed by atoms with Crippen LogP contribution in [0.5, 0.6) is 11.5 Å². The van der Waals surface area contributed by atoms with E-state index >= 15 is 0 Å². The number of rotatable bonds is 7. The second kappa shape index (κ2) is 15.3. The number of halogens is 3. The average Bonchev–Trinajstić information content (AvgIpc) is 4.01. The molecule has 0 spiro atoms. The Morgan fingerprint density at radius 2 is 1.72 bits per heavy atom. The number of sulfonamides is 1. The van der Waals surface area contributed by atoms with Crippen LogP contribution in [0.15, 0.2) is 30.4 Å². The number of fused-ring (bicyclic) bond motifs is 3. The molecule has 314 valence electrons. The summed E-state index contributed by atoms with van der Waals surface area (Å²) in [5, 5.41) is 5.04. The predicted octanol–water partition coefficient (Wildman–Crippen LogP) is 3.91. The van der Waals surface area contributed by atoms with Crippen molar-refractivity contribution in [3.05, 3.63) is 35.9 Å². The lowest BCUT2D eigenvalue weighted by atomic mass is 9.88. The van der Waals surface area contributed by atoms with Crippen LogP contribution in [0, 0.1) is 17.8 Å². The zero-order valence-electron chi connectivity index (χ0n) is 32.4. The Hall–Kier alpha value is -4.55. The van der Waals surface area contributed by atoms with Crippen LogP contribution < -0.4 is 24.8 Å². The van der Waals surface area contributed by atoms with Gasteiger partial charge in [-0.15, -0.1) is 0 Å². The number of benzene rings is 1. The zero-order valence-corrected chi connectivity index (χ0v) is 33.2. The van der Waals surface area contributed by atoms with Crippen molar-refractivity contribution < 1.29 is 64.5 Å².